The highest BCUT2D eigenvalue weighted by Crippen LogP contribution is 2.31. The van der Waals surface area contributed by atoms with Gasteiger partial charge in [-0.05, 0) is 40.5 Å². The summed E-state index contributed by atoms with van der Waals surface area (Å²) in [6.45, 7) is 12.6. The predicted molar refractivity (Wildman–Crippen MR) is 54.0 cm³/mol. The molecule has 1 saturated carbocycles. The molecule has 0 aromatic heterocycles. The van der Waals surface area contributed by atoms with Crippen LogP contribution in [0.25, 0.3) is 0 Å². The average Bonchev–Trinajstić information content (AvgIpc) is 2.65. The van der Waals surface area contributed by atoms with Gasteiger partial charge >= 0.3 is 0 Å². The molecular weight excluding hydrogens is 146 g/mol. The Kier molecular flexibility index (Phi) is 2.60. The van der Waals surface area contributed by atoms with Gasteiger partial charge in [0.25, 0.3) is 0 Å². The molecule has 1 heteroatoms. The van der Waals surface area contributed by atoms with Crippen LogP contribution >= 0.6 is 0 Å². The van der Waals surface area contributed by atoms with E-state index in [1.807, 2.05) is 0 Å². The molecule has 0 aromatic carbocycles. The van der Waals surface area contributed by atoms with Crippen LogP contribution in [-0.4, -0.2) is 22.4 Å². The second-order valence-corrected chi connectivity index (χ2v) is 4.83. The monoisotopic (exact) mass is 168 g/mol. The van der Waals surface area contributed by atoms with Crippen LogP contribution in [0.15, 0.2) is 0 Å². The van der Waals surface area contributed by atoms with E-state index in [9.17, 15) is 0 Å². The molecule has 0 radical (unpaired) electrons. The zero-order valence-corrected chi connectivity index (χ0v) is 9.15. The molecule has 70 valence electrons. The van der Waals surface area contributed by atoms with Gasteiger partial charge in [0.15, 0.2) is 11.3 Å². The summed E-state index contributed by atoms with van der Waals surface area (Å²) in [7, 11) is 0. The summed E-state index contributed by atoms with van der Waals surface area (Å²) in [6.07, 6.45) is 2.83. The molecule has 0 bridgehead atoms. The van der Waals surface area contributed by atoms with Crippen molar-refractivity contribution in [3.8, 4) is 0 Å². The van der Waals surface area contributed by atoms with Crippen LogP contribution < -0.4 is 0 Å². The third-order valence-corrected chi connectivity index (χ3v) is 2.72. The van der Waals surface area contributed by atoms with Crippen molar-refractivity contribution in [2.75, 3.05) is 6.54 Å². The quantitative estimate of drug-likeness (QED) is 0.440. The Morgan fingerprint density at radius 2 is 1.83 bits per heavy atom. The molecule has 0 saturated heterocycles. The fourth-order valence-electron chi connectivity index (χ4n) is 1.97. The number of hydrogen-bond acceptors (Lipinski definition) is 0. The first-order valence-electron chi connectivity index (χ1n) is 5.08. The molecule has 0 aliphatic heterocycles. The van der Waals surface area contributed by atoms with Crippen molar-refractivity contribution in [3.63, 3.8) is 0 Å². The van der Waals surface area contributed by atoms with E-state index in [0.29, 0.717) is 5.54 Å². The van der Waals surface area contributed by atoms with E-state index in [0.717, 1.165) is 12.5 Å². The fourth-order valence-corrected chi connectivity index (χ4v) is 1.97. The highest BCUT2D eigenvalue weighted by Gasteiger charge is 2.34. The molecule has 1 nitrogen and oxygen atoms in total. The summed E-state index contributed by atoms with van der Waals surface area (Å²) < 4.78 is 2.53. The first-order valence-corrected chi connectivity index (χ1v) is 5.08. The second kappa shape index (κ2) is 3.20. The molecule has 1 rings (SSSR count). The van der Waals surface area contributed by atoms with Gasteiger partial charge in [0.1, 0.15) is 6.54 Å². The van der Waals surface area contributed by atoms with Crippen LogP contribution in [0.5, 0.6) is 0 Å². The van der Waals surface area contributed by atoms with Crippen molar-refractivity contribution < 1.29 is 4.58 Å². The highest BCUT2D eigenvalue weighted by molar-refractivity contribution is 5.81. The molecule has 0 amide bonds. The minimum absolute atomic E-state index is 0.307. The summed E-state index contributed by atoms with van der Waals surface area (Å²) in [5, 5.41) is 0. The summed E-state index contributed by atoms with van der Waals surface area (Å²) in [5.41, 5.74) is 1.91. The molecule has 0 atom stereocenters. The van der Waals surface area contributed by atoms with E-state index in [1.54, 1.807) is 5.71 Å². The average molecular weight is 168 g/mol. The summed E-state index contributed by atoms with van der Waals surface area (Å²) >= 11 is 0. The lowest BCUT2D eigenvalue weighted by Gasteiger charge is -2.19. The zero-order chi connectivity index (χ0) is 9.35. The maximum atomic E-state index is 2.53. The van der Waals surface area contributed by atoms with Crippen molar-refractivity contribution >= 4 is 5.71 Å². The van der Waals surface area contributed by atoms with Crippen molar-refractivity contribution in [3.05, 3.63) is 0 Å². The molecule has 12 heavy (non-hydrogen) atoms. The zero-order valence-electron chi connectivity index (χ0n) is 9.15. The van der Waals surface area contributed by atoms with Crippen LogP contribution in [-0.2, 0) is 0 Å². The van der Waals surface area contributed by atoms with Gasteiger partial charge in [-0.2, -0.15) is 0 Å². The smallest absolute Gasteiger partial charge is 0.154 e. The molecule has 1 aliphatic rings. The van der Waals surface area contributed by atoms with Gasteiger partial charge < -0.3 is 0 Å². The Bertz CT molecular complexity index is 192. The number of nitrogens with zero attached hydrogens (tertiary/aromatic N) is 1. The van der Waals surface area contributed by atoms with Gasteiger partial charge in [-0.15, -0.1) is 0 Å². The van der Waals surface area contributed by atoms with Gasteiger partial charge in [-0.1, -0.05) is 0 Å². The minimum Gasteiger partial charge on any atom is -0.233 e. The fraction of sp³-hybridized carbons (Fsp3) is 0.909. The van der Waals surface area contributed by atoms with Crippen molar-refractivity contribution in [2.24, 2.45) is 5.92 Å². The third-order valence-electron chi connectivity index (χ3n) is 2.72. The SMILES string of the molecule is CC[N+](=C(C)C1CC1)C(C)(C)C. The van der Waals surface area contributed by atoms with Crippen molar-refractivity contribution in [1.29, 1.82) is 0 Å². The Morgan fingerprint density at radius 1 is 1.33 bits per heavy atom. The van der Waals surface area contributed by atoms with E-state index < -0.39 is 0 Å². The Morgan fingerprint density at radius 3 is 2.08 bits per heavy atom. The minimum atomic E-state index is 0.307. The van der Waals surface area contributed by atoms with Crippen LogP contribution in [0.3, 0.4) is 0 Å². The number of rotatable bonds is 2. The maximum Gasteiger partial charge on any atom is 0.154 e. The van der Waals surface area contributed by atoms with Crippen LogP contribution in [0.4, 0.5) is 0 Å². The summed E-state index contributed by atoms with van der Waals surface area (Å²) in [6, 6.07) is 0. The van der Waals surface area contributed by atoms with Crippen LogP contribution in [0.2, 0.25) is 0 Å². The molecule has 0 spiro atoms. The lowest BCUT2D eigenvalue weighted by atomic mass is 10.1. The van der Waals surface area contributed by atoms with E-state index in [2.05, 4.69) is 39.2 Å². The van der Waals surface area contributed by atoms with Gasteiger partial charge in [-0.25, -0.2) is 4.58 Å². The second-order valence-electron chi connectivity index (χ2n) is 4.83. The van der Waals surface area contributed by atoms with Gasteiger partial charge in [0.05, 0.1) is 0 Å². The topological polar surface area (TPSA) is 3.01 Å². The van der Waals surface area contributed by atoms with E-state index in [1.165, 1.54) is 12.8 Å². The lowest BCUT2D eigenvalue weighted by Crippen LogP contribution is -2.37. The molecule has 0 heterocycles. The Balaban J connectivity index is 2.84. The lowest BCUT2D eigenvalue weighted by molar-refractivity contribution is -0.595. The van der Waals surface area contributed by atoms with Gasteiger partial charge in [0, 0.05) is 12.8 Å². The van der Waals surface area contributed by atoms with Crippen LogP contribution in [0, 0.1) is 5.92 Å². The van der Waals surface area contributed by atoms with Gasteiger partial charge in [-0.3, -0.25) is 0 Å². The molecule has 0 aromatic rings. The van der Waals surface area contributed by atoms with Crippen molar-refractivity contribution in [1.82, 2.24) is 0 Å². The first-order chi connectivity index (χ1) is 5.46. The maximum absolute atomic E-state index is 2.53. The molecule has 0 N–H and O–H groups in total. The number of hydrogen-bond donors (Lipinski definition) is 0. The predicted octanol–water partition coefficient (Wildman–Crippen LogP) is 2.69. The molecule has 1 fully saturated rings. The third kappa shape index (κ3) is 2.09. The Labute approximate surface area is 76.5 Å². The molecule has 0 unspecified atom stereocenters. The van der Waals surface area contributed by atoms with Crippen LogP contribution in [0.1, 0.15) is 47.5 Å². The van der Waals surface area contributed by atoms with E-state index in [-0.39, 0.29) is 0 Å². The van der Waals surface area contributed by atoms with Crippen molar-refractivity contribution in [2.45, 2.75) is 53.0 Å². The summed E-state index contributed by atoms with van der Waals surface area (Å²) in [4.78, 5) is 0. The molecular formula is C11H22N+. The van der Waals surface area contributed by atoms with E-state index in [4.69, 9.17) is 0 Å². The first kappa shape index (κ1) is 9.76. The Hall–Kier alpha value is -0.330. The summed E-state index contributed by atoms with van der Waals surface area (Å²) in [5.74, 6) is 0.907. The highest BCUT2D eigenvalue weighted by atomic mass is 15.1. The standard InChI is InChI=1S/C11H22N/c1-6-12(11(3,4)5)9(2)10-7-8-10/h10H,6-8H2,1-5H3/q+1. The normalized spacial score (nSPS) is 20.8. The van der Waals surface area contributed by atoms with Gasteiger partial charge in [0.2, 0.25) is 0 Å². The largest absolute Gasteiger partial charge is 0.233 e. The molecule has 1 aliphatic carbocycles. The van der Waals surface area contributed by atoms with E-state index >= 15 is 0 Å².